The Morgan fingerprint density at radius 1 is 1.23 bits per heavy atom. The zero-order valence-electron chi connectivity index (χ0n) is 12.4. The molecule has 0 aliphatic carbocycles. The largest absolute Gasteiger partial charge is 0.342 e. The predicted molar refractivity (Wildman–Crippen MR) is 93.1 cm³/mol. The molecule has 0 saturated carbocycles. The van der Waals surface area contributed by atoms with Crippen LogP contribution in [0.5, 0.6) is 0 Å². The van der Waals surface area contributed by atoms with Crippen molar-refractivity contribution >= 4 is 41.5 Å². The molecule has 1 amide bonds. The van der Waals surface area contributed by atoms with Crippen molar-refractivity contribution in [3.63, 3.8) is 0 Å². The minimum absolute atomic E-state index is 0. The van der Waals surface area contributed by atoms with Gasteiger partial charge in [-0.1, -0.05) is 29.3 Å². The smallest absolute Gasteiger partial charge is 0.227 e. The van der Waals surface area contributed by atoms with Gasteiger partial charge in [-0.3, -0.25) is 4.79 Å². The quantitative estimate of drug-likeness (QED) is 0.871. The molecule has 2 fully saturated rings. The second kappa shape index (κ2) is 7.39. The minimum atomic E-state index is 0. The molecule has 0 aromatic heterocycles. The van der Waals surface area contributed by atoms with Crippen LogP contribution in [0.1, 0.15) is 24.8 Å². The van der Waals surface area contributed by atoms with Crippen molar-refractivity contribution in [2.24, 2.45) is 5.41 Å². The van der Waals surface area contributed by atoms with Crippen molar-refractivity contribution in [3.05, 3.63) is 33.8 Å². The molecule has 3 rings (SSSR count). The molecule has 22 heavy (non-hydrogen) atoms. The lowest BCUT2D eigenvalue weighted by Crippen LogP contribution is -2.44. The Bertz CT molecular complexity index is 534. The molecule has 0 bridgehead atoms. The van der Waals surface area contributed by atoms with Gasteiger partial charge in [-0.25, -0.2) is 0 Å². The molecule has 2 heterocycles. The number of nitrogens with one attached hydrogen (secondary N) is 1. The Balaban J connectivity index is 0.00000176. The van der Waals surface area contributed by atoms with Crippen LogP contribution < -0.4 is 5.32 Å². The lowest BCUT2D eigenvalue weighted by atomic mass is 9.78. The zero-order chi connectivity index (χ0) is 14.9. The molecule has 122 valence electrons. The van der Waals surface area contributed by atoms with Crippen molar-refractivity contribution in [1.29, 1.82) is 0 Å². The maximum atomic E-state index is 12.4. The van der Waals surface area contributed by atoms with Crippen LogP contribution in [-0.4, -0.2) is 37.0 Å². The van der Waals surface area contributed by atoms with E-state index in [1.807, 2.05) is 11.0 Å². The zero-order valence-corrected chi connectivity index (χ0v) is 14.7. The number of hydrogen-bond donors (Lipinski definition) is 1. The molecule has 1 N–H and O–H groups in total. The third-order valence-electron chi connectivity index (χ3n) is 4.87. The van der Waals surface area contributed by atoms with Crippen molar-refractivity contribution in [3.8, 4) is 0 Å². The second-order valence-electron chi connectivity index (χ2n) is 6.22. The molecule has 0 atom stereocenters. The third-order valence-corrected chi connectivity index (χ3v) is 5.45. The number of carbonyl (C=O) groups excluding carboxylic acids is 1. The molecule has 3 nitrogen and oxygen atoms in total. The van der Waals surface area contributed by atoms with E-state index in [1.54, 1.807) is 12.1 Å². The van der Waals surface area contributed by atoms with Gasteiger partial charge in [0, 0.05) is 29.7 Å². The maximum Gasteiger partial charge on any atom is 0.227 e. The number of nitrogens with zero attached hydrogens (tertiary/aromatic N) is 1. The summed E-state index contributed by atoms with van der Waals surface area (Å²) in [5.41, 5.74) is 1.29. The number of hydrogen-bond acceptors (Lipinski definition) is 2. The molecule has 1 aromatic rings. The molecule has 2 saturated heterocycles. The third kappa shape index (κ3) is 3.88. The Labute approximate surface area is 147 Å². The predicted octanol–water partition coefficient (Wildman–Crippen LogP) is 3.56. The first-order valence-corrected chi connectivity index (χ1v) is 8.26. The number of carbonyl (C=O) groups is 1. The number of rotatable bonds is 2. The molecular formula is C16H21Cl3N2O. The SMILES string of the molecule is Cl.O=C(Cc1ccc(Cl)cc1Cl)N1CCC2(CCNC2)CC1. The summed E-state index contributed by atoms with van der Waals surface area (Å²) in [6.07, 6.45) is 3.83. The average Bonchev–Trinajstić information content (AvgIpc) is 2.91. The highest BCUT2D eigenvalue weighted by atomic mass is 35.5. The van der Waals surface area contributed by atoms with Gasteiger partial charge in [-0.05, 0) is 48.9 Å². The van der Waals surface area contributed by atoms with E-state index in [2.05, 4.69) is 5.32 Å². The highest BCUT2D eigenvalue weighted by molar-refractivity contribution is 6.35. The van der Waals surface area contributed by atoms with Crippen LogP contribution in [0.3, 0.4) is 0 Å². The van der Waals surface area contributed by atoms with E-state index in [1.165, 1.54) is 6.42 Å². The maximum absolute atomic E-state index is 12.4. The summed E-state index contributed by atoms with van der Waals surface area (Å²) in [6, 6.07) is 5.32. The Morgan fingerprint density at radius 3 is 2.55 bits per heavy atom. The molecule has 1 spiro atoms. The fourth-order valence-electron chi connectivity index (χ4n) is 3.39. The van der Waals surface area contributed by atoms with Crippen molar-refractivity contribution in [2.75, 3.05) is 26.2 Å². The van der Waals surface area contributed by atoms with E-state index < -0.39 is 0 Å². The van der Waals surface area contributed by atoms with E-state index in [0.29, 0.717) is 21.9 Å². The number of amides is 1. The van der Waals surface area contributed by atoms with Gasteiger partial charge in [0.05, 0.1) is 6.42 Å². The summed E-state index contributed by atoms with van der Waals surface area (Å²) in [6.45, 7) is 3.96. The van der Waals surface area contributed by atoms with Gasteiger partial charge in [0.15, 0.2) is 0 Å². The number of benzene rings is 1. The fourth-order valence-corrected chi connectivity index (χ4v) is 3.87. The number of piperidine rings is 1. The Morgan fingerprint density at radius 2 is 1.95 bits per heavy atom. The summed E-state index contributed by atoms with van der Waals surface area (Å²) in [4.78, 5) is 14.4. The monoisotopic (exact) mass is 362 g/mol. The molecule has 6 heteroatoms. The van der Waals surface area contributed by atoms with Crippen LogP contribution in [0.4, 0.5) is 0 Å². The molecule has 2 aliphatic heterocycles. The van der Waals surface area contributed by atoms with Gasteiger partial charge in [-0.2, -0.15) is 0 Å². The van der Waals surface area contributed by atoms with Crippen LogP contribution in [0.25, 0.3) is 0 Å². The van der Waals surface area contributed by atoms with E-state index in [9.17, 15) is 4.79 Å². The van der Waals surface area contributed by atoms with Gasteiger partial charge in [-0.15, -0.1) is 12.4 Å². The van der Waals surface area contributed by atoms with Gasteiger partial charge >= 0.3 is 0 Å². The average molecular weight is 364 g/mol. The first-order valence-electron chi connectivity index (χ1n) is 7.50. The lowest BCUT2D eigenvalue weighted by molar-refractivity contribution is -0.132. The van der Waals surface area contributed by atoms with Crippen LogP contribution in [0, 0.1) is 5.41 Å². The van der Waals surface area contributed by atoms with E-state index in [0.717, 1.165) is 44.6 Å². The summed E-state index contributed by atoms with van der Waals surface area (Å²) in [5, 5.41) is 4.62. The molecule has 1 aromatic carbocycles. The summed E-state index contributed by atoms with van der Waals surface area (Å²) in [7, 11) is 0. The van der Waals surface area contributed by atoms with Gasteiger partial charge in [0.1, 0.15) is 0 Å². The molecular weight excluding hydrogens is 343 g/mol. The second-order valence-corrected chi connectivity index (χ2v) is 7.06. The Hall–Kier alpha value is -0.480. The van der Waals surface area contributed by atoms with E-state index >= 15 is 0 Å². The van der Waals surface area contributed by atoms with E-state index in [4.69, 9.17) is 23.2 Å². The highest BCUT2D eigenvalue weighted by Crippen LogP contribution is 2.37. The first kappa shape index (κ1) is 17.9. The van der Waals surface area contributed by atoms with Gasteiger partial charge in [0.25, 0.3) is 0 Å². The van der Waals surface area contributed by atoms with Crippen LogP contribution in [0.15, 0.2) is 18.2 Å². The molecule has 0 unspecified atom stereocenters. The molecule has 2 aliphatic rings. The van der Waals surface area contributed by atoms with Crippen molar-refractivity contribution < 1.29 is 4.79 Å². The van der Waals surface area contributed by atoms with Crippen LogP contribution in [-0.2, 0) is 11.2 Å². The number of halogens is 3. The highest BCUT2D eigenvalue weighted by Gasteiger charge is 2.37. The van der Waals surface area contributed by atoms with Gasteiger partial charge in [0.2, 0.25) is 5.91 Å². The Kier molecular flexibility index (Phi) is 6.00. The standard InChI is InChI=1S/C16H20Cl2N2O.ClH/c17-13-2-1-12(14(18)10-13)9-15(21)20-7-4-16(5-8-20)3-6-19-11-16;/h1-2,10,19H,3-9,11H2;1H. The normalized spacial score (nSPS) is 20.0. The van der Waals surface area contributed by atoms with Crippen LogP contribution in [0.2, 0.25) is 10.0 Å². The number of likely N-dealkylation sites (tertiary alicyclic amines) is 1. The summed E-state index contributed by atoms with van der Waals surface area (Å²) in [5.74, 6) is 0.167. The summed E-state index contributed by atoms with van der Waals surface area (Å²) >= 11 is 12.0. The van der Waals surface area contributed by atoms with Crippen molar-refractivity contribution in [1.82, 2.24) is 10.2 Å². The fraction of sp³-hybridized carbons (Fsp3) is 0.562. The summed E-state index contributed by atoms with van der Waals surface area (Å²) < 4.78 is 0. The van der Waals surface area contributed by atoms with Crippen molar-refractivity contribution in [2.45, 2.75) is 25.7 Å². The minimum Gasteiger partial charge on any atom is -0.342 e. The first-order chi connectivity index (χ1) is 10.1. The topological polar surface area (TPSA) is 32.3 Å². The van der Waals surface area contributed by atoms with E-state index in [-0.39, 0.29) is 18.3 Å². The van der Waals surface area contributed by atoms with Gasteiger partial charge < -0.3 is 10.2 Å². The van der Waals surface area contributed by atoms with Crippen LogP contribution >= 0.6 is 35.6 Å². The lowest BCUT2D eigenvalue weighted by Gasteiger charge is -2.39. The molecule has 0 radical (unpaired) electrons.